The molecule has 0 bridgehead atoms. The zero-order chi connectivity index (χ0) is 8.55. The number of fused-ring (bicyclic) bond motifs is 1. The van der Waals surface area contributed by atoms with Crippen molar-refractivity contribution >= 4 is 24.2 Å². The van der Waals surface area contributed by atoms with Gasteiger partial charge in [-0.1, -0.05) is 17.6 Å². The number of hydrogen-bond acceptors (Lipinski definition) is 1. The van der Waals surface area contributed by atoms with E-state index in [-0.39, 0.29) is 5.56 Å². The van der Waals surface area contributed by atoms with Gasteiger partial charge < -0.3 is 4.98 Å². The first-order valence-electron chi connectivity index (χ1n) is 3.86. The predicted molar refractivity (Wildman–Crippen MR) is 52.7 cm³/mol. The van der Waals surface area contributed by atoms with Gasteiger partial charge >= 0.3 is 0 Å². The number of aromatic amines is 1. The molecule has 0 saturated heterocycles. The van der Waals surface area contributed by atoms with Crippen LogP contribution in [-0.4, -0.2) is 12.8 Å². The Kier molecular flexibility index (Phi) is 1.50. The van der Waals surface area contributed by atoms with Crippen molar-refractivity contribution in [2.75, 3.05) is 0 Å². The van der Waals surface area contributed by atoms with Gasteiger partial charge in [-0.05, 0) is 17.5 Å². The minimum absolute atomic E-state index is 0.0481. The van der Waals surface area contributed by atoms with Crippen LogP contribution < -0.4 is 11.0 Å². The molecule has 58 valence electrons. The average molecular weight is 157 g/mol. The van der Waals surface area contributed by atoms with E-state index in [9.17, 15) is 4.79 Å². The highest BCUT2D eigenvalue weighted by molar-refractivity contribution is 6.38. The molecule has 0 atom stereocenters. The molecule has 2 rings (SSSR count). The van der Waals surface area contributed by atoms with Gasteiger partial charge in [-0.2, -0.15) is 0 Å². The molecule has 1 aromatic heterocycles. The summed E-state index contributed by atoms with van der Waals surface area (Å²) < 4.78 is 0. The van der Waals surface area contributed by atoms with E-state index >= 15 is 0 Å². The lowest BCUT2D eigenvalue weighted by Crippen LogP contribution is -2.08. The number of benzene rings is 1. The minimum atomic E-state index is -0.0481. The molecule has 12 heavy (non-hydrogen) atoms. The monoisotopic (exact) mass is 157 g/mol. The smallest absolute Gasteiger partial charge is 0.248 e. The Morgan fingerprint density at radius 1 is 1.17 bits per heavy atom. The van der Waals surface area contributed by atoms with E-state index in [4.69, 9.17) is 0 Å². The number of pyridine rings is 1. The van der Waals surface area contributed by atoms with Crippen LogP contribution in [0.15, 0.2) is 35.1 Å². The molecule has 0 radical (unpaired) electrons. The zero-order valence-corrected chi connectivity index (χ0v) is 6.79. The molecule has 0 aliphatic carbocycles. The Balaban J connectivity index is 2.96. The molecule has 1 aromatic carbocycles. The molecule has 2 nitrogen and oxygen atoms in total. The lowest BCUT2D eigenvalue weighted by atomic mass is 9.92. The third-order valence-corrected chi connectivity index (χ3v) is 1.98. The van der Waals surface area contributed by atoms with Gasteiger partial charge in [0.15, 0.2) is 0 Å². The summed E-state index contributed by atoms with van der Waals surface area (Å²) in [6.45, 7) is 0. The number of rotatable bonds is 0. The number of hydrogen-bond donors (Lipinski definition) is 1. The largest absolute Gasteiger partial charge is 0.322 e. The second kappa shape index (κ2) is 2.52. The molecular weight excluding hydrogens is 149 g/mol. The predicted octanol–water partition coefficient (Wildman–Crippen LogP) is -0.213. The van der Waals surface area contributed by atoms with Crippen LogP contribution in [0.4, 0.5) is 0 Å². The van der Waals surface area contributed by atoms with Crippen molar-refractivity contribution in [1.29, 1.82) is 0 Å². The van der Waals surface area contributed by atoms with Gasteiger partial charge in [0, 0.05) is 11.6 Å². The quantitative estimate of drug-likeness (QED) is 0.527. The standard InChI is InChI=1S/C9H8BNO/c10-7-2-1-3-8-6(7)4-5-9(12)11-8/h1-5H,10H2,(H,11,12). The van der Waals surface area contributed by atoms with Crippen LogP contribution >= 0.6 is 0 Å². The highest BCUT2D eigenvalue weighted by Gasteiger charge is 1.94. The van der Waals surface area contributed by atoms with Crippen LogP contribution in [0.2, 0.25) is 0 Å². The molecule has 3 heteroatoms. The first kappa shape index (κ1) is 7.16. The fraction of sp³-hybridized carbons (Fsp3) is 0. The SMILES string of the molecule is Bc1cccc2[nH]c(=O)ccc12. The Hall–Kier alpha value is -1.51. The number of aromatic nitrogens is 1. The van der Waals surface area contributed by atoms with Crippen molar-refractivity contribution in [2.24, 2.45) is 0 Å². The first-order valence-corrected chi connectivity index (χ1v) is 3.86. The number of H-pyrrole nitrogens is 1. The molecule has 2 aromatic rings. The topological polar surface area (TPSA) is 32.9 Å². The van der Waals surface area contributed by atoms with Gasteiger partial charge in [-0.25, -0.2) is 0 Å². The van der Waals surface area contributed by atoms with E-state index in [1.165, 1.54) is 5.46 Å². The van der Waals surface area contributed by atoms with Gasteiger partial charge in [0.05, 0.1) is 0 Å². The second-order valence-electron chi connectivity index (χ2n) is 2.86. The third-order valence-electron chi connectivity index (χ3n) is 1.98. The van der Waals surface area contributed by atoms with E-state index in [1.54, 1.807) is 6.07 Å². The van der Waals surface area contributed by atoms with E-state index in [0.29, 0.717) is 0 Å². The molecular formula is C9H8BNO. The van der Waals surface area contributed by atoms with E-state index in [0.717, 1.165) is 10.9 Å². The summed E-state index contributed by atoms with van der Waals surface area (Å²) in [5.41, 5.74) is 2.04. The molecule has 0 spiro atoms. The van der Waals surface area contributed by atoms with Crippen LogP contribution in [0.1, 0.15) is 0 Å². The van der Waals surface area contributed by atoms with Crippen molar-refractivity contribution in [2.45, 2.75) is 0 Å². The fourth-order valence-electron chi connectivity index (χ4n) is 1.34. The van der Waals surface area contributed by atoms with Crippen molar-refractivity contribution in [3.8, 4) is 0 Å². The Labute approximate surface area is 70.6 Å². The summed E-state index contributed by atoms with van der Waals surface area (Å²) in [6, 6.07) is 9.27. The van der Waals surface area contributed by atoms with E-state index in [1.807, 2.05) is 32.1 Å². The molecule has 1 N–H and O–H groups in total. The Morgan fingerprint density at radius 3 is 2.83 bits per heavy atom. The second-order valence-corrected chi connectivity index (χ2v) is 2.86. The summed E-state index contributed by atoms with van der Waals surface area (Å²) in [4.78, 5) is 13.7. The van der Waals surface area contributed by atoms with Crippen LogP contribution in [-0.2, 0) is 0 Å². The van der Waals surface area contributed by atoms with Crippen molar-refractivity contribution in [3.63, 3.8) is 0 Å². The first-order chi connectivity index (χ1) is 5.77. The maximum atomic E-state index is 10.9. The third kappa shape index (κ3) is 1.03. The summed E-state index contributed by atoms with van der Waals surface area (Å²) in [5, 5.41) is 1.11. The highest BCUT2D eigenvalue weighted by atomic mass is 16.1. The van der Waals surface area contributed by atoms with Crippen LogP contribution in [0.5, 0.6) is 0 Å². The van der Waals surface area contributed by atoms with Crippen molar-refractivity contribution < 1.29 is 0 Å². The van der Waals surface area contributed by atoms with Gasteiger partial charge in [0.25, 0.3) is 0 Å². The molecule has 0 fully saturated rings. The van der Waals surface area contributed by atoms with Crippen LogP contribution in [0.25, 0.3) is 10.9 Å². The van der Waals surface area contributed by atoms with E-state index < -0.39 is 0 Å². The number of nitrogens with one attached hydrogen (secondary N) is 1. The van der Waals surface area contributed by atoms with Crippen LogP contribution in [0, 0.1) is 0 Å². The highest BCUT2D eigenvalue weighted by Crippen LogP contribution is 2.03. The van der Waals surface area contributed by atoms with Gasteiger partial charge in [-0.3, -0.25) is 4.79 Å². The summed E-state index contributed by atoms with van der Waals surface area (Å²) in [6.07, 6.45) is 0. The van der Waals surface area contributed by atoms with Crippen LogP contribution in [0.3, 0.4) is 0 Å². The van der Waals surface area contributed by atoms with Crippen molar-refractivity contribution in [1.82, 2.24) is 4.98 Å². The fourth-order valence-corrected chi connectivity index (χ4v) is 1.34. The zero-order valence-electron chi connectivity index (χ0n) is 6.79. The van der Waals surface area contributed by atoms with Crippen molar-refractivity contribution in [3.05, 3.63) is 40.7 Å². The maximum Gasteiger partial charge on any atom is 0.248 e. The Morgan fingerprint density at radius 2 is 2.00 bits per heavy atom. The molecule has 0 saturated carbocycles. The lowest BCUT2D eigenvalue weighted by Gasteiger charge is -1.99. The Bertz CT molecular complexity index is 475. The summed E-state index contributed by atoms with van der Waals surface area (Å²) >= 11 is 0. The molecule has 0 aliphatic heterocycles. The molecule has 0 aliphatic rings. The van der Waals surface area contributed by atoms with Gasteiger partial charge in [0.1, 0.15) is 7.85 Å². The lowest BCUT2D eigenvalue weighted by molar-refractivity contribution is 1.31. The summed E-state index contributed by atoms with van der Waals surface area (Å²) in [7, 11) is 2.03. The normalized spacial score (nSPS) is 10.3. The molecule has 0 unspecified atom stereocenters. The minimum Gasteiger partial charge on any atom is -0.322 e. The summed E-state index contributed by atoms with van der Waals surface area (Å²) in [5.74, 6) is 0. The van der Waals surface area contributed by atoms with Gasteiger partial charge in [0.2, 0.25) is 5.56 Å². The molecule has 1 heterocycles. The molecule has 0 amide bonds. The maximum absolute atomic E-state index is 10.9. The van der Waals surface area contributed by atoms with E-state index in [2.05, 4.69) is 4.98 Å². The van der Waals surface area contributed by atoms with Gasteiger partial charge in [-0.15, -0.1) is 0 Å². The average Bonchev–Trinajstić information content (AvgIpc) is 2.04.